The lowest BCUT2D eigenvalue weighted by molar-refractivity contribution is 0.383. The Balaban J connectivity index is 2.32. The average Bonchev–Trinajstić information content (AvgIpc) is 2.48. The number of hydrogen-bond donors (Lipinski definition) is 4. The molecule has 1 aromatic carbocycles. The van der Waals surface area contributed by atoms with Crippen molar-refractivity contribution in [2.45, 2.75) is 37.1 Å². The van der Waals surface area contributed by atoms with E-state index >= 15 is 0 Å². The van der Waals surface area contributed by atoms with Gasteiger partial charge >= 0.3 is 0 Å². The van der Waals surface area contributed by atoms with Crippen LogP contribution in [0.4, 0.5) is 5.69 Å². The van der Waals surface area contributed by atoms with E-state index in [-0.39, 0.29) is 10.9 Å². The minimum atomic E-state index is -3.56. The largest absolute Gasteiger partial charge is 0.374 e. The van der Waals surface area contributed by atoms with Crippen LogP contribution in [0.3, 0.4) is 0 Å². The highest BCUT2D eigenvalue weighted by Gasteiger charge is 2.26. The molecule has 4 N–H and O–H groups in total. The summed E-state index contributed by atoms with van der Waals surface area (Å²) >= 11 is 0. The molecule has 0 unspecified atom stereocenters. The Morgan fingerprint density at radius 2 is 2.00 bits per heavy atom. The number of nitrogens with one attached hydrogen (secondary N) is 4. The number of hydrogen-bond acceptors (Lipinski definition) is 5. The highest BCUT2D eigenvalue weighted by Crippen LogP contribution is 2.25. The molecule has 7 heteroatoms. The van der Waals surface area contributed by atoms with E-state index < -0.39 is 10.0 Å². The number of anilines is 1. The quantitative estimate of drug-likeness (QED) is 0.578. The molecule has 0 spiro atoms. The Morgan fingerprint density at radius 3 is 2.55 bits per heavy atom. The zero-order chi connectivity index (χ0) is 16.2. The van der Waals surface area contributed by atoms with Crippen molar-refractivity contribution in [3.8, 4) is 0 Å². The molecule has 1 fully saturated rings. The van der Waals surface area contributed by atoms with E-state index in [2.05, 4.69) is 15.4 Å². The van der Waals surface area contributed by atoms with Crippen molar-refractivity contribution in [1.82, 2.24) is 10.0 Å². The van der Waals surface area contributed by atoms with E-state index in [0.717, 1.165) is 19.3 Å². The first-order chi connectivity index (χ1) is 10.5. The van der Waals surface area contributed by atoms with Gasteiger partial charge < -0.3 is 16.0 Å². The van der Waals surface area contributed by atoms with Crippen LogP contribution in [0.15, 0.2) is 40.6 Å². The highest BCUT2D eigenvalue weighted by molar-refractivity contribution is 7.89. The highest BCUT2D eigenvalue weighted by atomic mass is 32.2. The predicted molar refractivity (Wildman–Crippen MR) is 88.6 cm³/mol. The predicted octanol–water partition coefficient (Wildman–Crippen LogP) is 2.03. The lowest BCUT2D eigenvalue weighted by atomic mass is 9.94. The van der Waals surface area contributed by atoms with Gasteiger partial charge in [-0.2, -0.15) is 0 Å². The zero-order valence-corrected chi connectivity index (χ0v) is 13.6. The summed E-state index contributed by atoms with van der Waals surface area (Å²) in [5, 5.41) is 13.3. The molecule has 1 aromatic rings. The van der Waals surface area contributed by atoms with E-state index in [4.69, 9.17) is 5.41 Å². The van der Waals surface area contributed by atoms with Gasteiger partial charge in [-0.1, -0.05) is 18.6 Å². The average molecular weight is 322 g/mol. The van der Waals surface area contributed by atoms with E-state index in [9.17, 15) is 8.42 Å². The summed E-state index contributed by atoms with van der Waals surface area (Å²) in [6, 6.07) is 6.81. The molecule has 0 bridgehead atoms. The Hall–Kier alpha value is -1.86. The molecule has 0 radical (unpaired) electrons. The number of allylic oxidation sites excluding steroid dienone is 1. The number of para-hydroxylation sites is 1. The normalized spacial score (nSPS) is 16.5. The summed E-state index contributed by atoms with van der Waals surface area (Å²) < 4.78 is 27.8. The molecule has 0 amide bonds. The third kappa shape index (κ3) is 3.66. The van der Waals surface area contributed by atoms with Crippen molar-refractivity contribution in [2.24, 2.45) is 0 Å². The Labute approximate surface area is 131 Å². The van der Waals surface area contributed by atoms with E-state index in [1.165, 1.54) is 6.21 Å². The van der Waals surface area contributed by atoms with Gasteiger partial charge in [-0.15, -0.1) is 0 Å². The fraction of sp³-hybridized carbons (Fsp3) is 0.400. The van der Waals surface area contributed by atoms with Crippen LogP contribution in [-0.2, 0) is 10.0 Å². The molecule has 0 aromatic heterocycles. The molecular formula is C15H22N4O2S. The first kappa shape index (κ1) is 16.5. The third-order valence-electron chi connectivity index (χ3n) is 3.72. The van der Waals surface area contributed by atoms with Crippen molar-refractivity contribution in [1.29, 1.82) is 5.41 Å². The zero-order valence-electron chi connectivity index (χ0n) is 12.8. The van der Waals surface area contributed by atoms with Gasteiger partial charge in [0, 0.05) is 24.9 Å². The lowest BCUT2D eigenvalue weighted by Crippen LogP contribution is -2.39. The Bertz CT molecular complexity index is 679. The molecule has 0 aliphatic heterocycles. The van der Waals surface area contributed by atoms with Crippen LogP contribution in [0, 0.1) is 5.41 Å². The second kappa shape index (κ2) is 6.93. The minimum Gasteiger partial charge on any atom is -0.374 e. The van der Waals surface area contributed by atoms with E-state index in [0.29, 0.717) is 17.1 Å². The summed E-state index contributed by atoms with van der Waals surface area (Å²) in [5.41, 5.74) is 1.17. The van der Waals surface area contributed by atoms with Crippen LogP contribution in [-0.4, -0.2) is 27.7 Å². The van der Waals surface area contributed by atoms with Crippen LogP contribution >= 0.6 is 0 Å². The maximum atomic E-state index is 12.5. The number of benzene rings is 1. The molecule has 1 saturated carbocycles. The maximum Gasteiger partial charge on any atom is 0.242 e. The van der Waals surface area contributed by atoms with Crippen LogP contribution in [0.1, 0.15) is 26.2 Å². The Kier molecular flexibility index (Phi) is 5.20. The first-order valence-corrected chi connectivity index (χ1v) is 8.73. The molecule has 0 atom stereocenters. The van der Waals surface area contributed by atoms with Gasteiger partial charge in [0.1, 0.15) is 10.7 Å². The van der Waals surface area contributed by atoms with Gasteiger partial charge in [-0.25, -0.2) is 13.1 Å². The second-order valence-corrected chi connectivity index (χ2v) is 7.01. The van der Waals surface area contributed by atoms with Gasteiger partial charge in [-0.3, -0.25) is 0 Å². The van der Waals surface area contributed by atoms with Crippen molar-refractivity contribution >= 4 is 21.9 Å². The molecule has 0 heterocycles. The van der Waals surface area contributed by atoms with E-state index in [1.54, 1.807) is 38.2 Å². The number of rotatable bonds is 7. The van der Waals surface area contributed by atoms with Crippen LogP contribution in [0.5, 0.6) is 0 Å². The monoisotopic (exact) mass is 322 g/mol. The molecule has 1 aliphatic rings. The van der Waals surface area contributed by atoms with Crippen molar-refractivity contribution in [3.05, 3.63) is 35.7 Å². The van der Waals surface area contributed by atoms with Crippen molar-refractivity contribution in [2.75, 3.05) is 12.4 Å². The van der Waals surface area contributed by atoms with Crippen LogP contribution in [0.25, 0.3) is 0 Å². The van der Waals surface area contributed by atoms with Crippen molar-refractivity contribution < 1.29 is 8.42 Å². The third-order valence-corrected chi connectivity index (χ3v) is 5.30. The molecule has 0 saturated heterocycles. The summed E-state index contributed by atoms with van der Waals surface area (Å²) in [6.45, 7) is 1.77. The smallest absolute Gasteiger partial charge is 0.242 e. The second-order valence-electron chi connectivity index (χ2n) is 5.32. The summed E-state index contributed by atoms with van der Waals surface area (Å²) in [7, 11) is -1.84. The molecule has 120 valence electrons. The fourth-order valence-corrected chi connectivity index (χ4v) is 3.65. The molecule has 6 nitrogen and oxygen atoms in total. The SMILES string of the molecule is CN/C(Nc1ccccc1S(=O)(=O)NC1CCC1)=C(/C)C=N. The molecule has 2 rings (SSSR count). The van der Waals surface area contributed by atoms with Crippen LogP contribution < -0.4 is 15.4 Å². The van der Waals surface area contributed by atoms with Gasteiger partial charge in [-0.05, 0) is 31.9 Å². The Morgan fingerprint density at radius 1 is 1.32 bits per heavy atom. The maximum absolute atomic E-state index is 12.5. The molecule has 22 heavy (non-hydrogen) atoms. The van der Waals surface area contributed by atoms with Gasteiger partial charge in [0.05, 0.1) is 5.69 Å². The minimum absolute atomic E-state index is 0.0423. The fourth-order valence-electron chi connectivity index (χ4n) is 2.18. The van der Waals surface area contributed by atoms with Crippen molar-refractivity contribution in [3.63, 3.8) is 0 Å². The topological polar surface area (TPSA) is 94.1 Å². The number of sulfonamides is 1. The molecule has 1 aliphatic carbocycles. The van der Waals surface area contributed by atoms with Gasteiger partial charge in [0.15, 0.2) is 0 Å². The summed E-state index contributed by atoms with van der Waals surface area (Å²) in [4.78, 5) is 0.215. The first-order valence-electron chi connectivity index (χ1n) is 7.25. The van der Waals surface area contributed by atoms with Gasteiger partial charge in [0.2, 0.25) is 10.0 Å². The van der Waals surface area contributed by atoms with Gasteiger partial charge in [0.25, 0.3) is 0 Å². The summed E-state index contributed by atoms with van der Waals surface area (Å²) in [6.07, 6.45) is 4.06. The van der Waals surface area contributed by atoms with Crippen LogP contribution in [0.2, 0.25) is 0 Å². The molecular weight excluding hydrogens is 300 g/mol. The lowest BCUT2D eigenvalue weighted by Gasteiger charge is -2.26. The standard InChI is InChI=1S/C15H22N4O2S/c1-11(10-16)15(17-2)18-13-8-3-4-9-14(13)22(20,21)19-12-6-5-7-12/h3-4,8-10,12,16-19H,5-7H2,1-2H3/b15-11+,16-10?. The summed E-state index contributed by atoms with van der Waals surface area (Å²) in [5.74, 6) is 0.598. The van der Waals surface area contributed by atoms with E-state index in [1.807, 2.05) is 0 Å².